The molecular weight excluding hydrogens is 426 g/mol. The van der Waals surface area contributed by atoms with Crippen LogP contribution in [0.4, 0.5) is 23.4 Å². The van der Waals surface area contributed by atoms with Crippen LogP contribution in [0.25, 0.3) is 0 Å². The number of methoxy groups -OCH3 is 1. The highest BCUT2D eigenvalue weighted by atomic mass is 19.4. The van der Waals surface area contributed by atoms with Gasteiger partial charge in [-0.2, -0.15) is 13.2 Å². The van der Waals surface area contributed by atoms with E-state index >= 15 is 0 Å². The molecule has 1 aromatic carbocycles. The monoisotopic (exact) mass is 451 g/mol. The lowest BCUT2D eigenvalue weighted by Gasteiger charge is -2.26. The summed E-state index contributed by atoms with van der Waals surface area (Å²) in [6, 6.07) is 6.30. The van der Waals surface area contributed by atoms with E-state index in [2.05, 4.69) is 21.3 Å². The standard InChI is InChI=1S/C22H25F4N5O/c1-32-8-7-27-18-3-2-4-19-21(18)29-30-31(19)20-12-14(5-6-28-20)9-15-10-16(22(24,25)26)13-17(23)11-15/h5-6,10-13,18,27,29-30H,2-4,7-9H2,1H3. The van der Waals surface area contributed by atoms with Crippen molar-refractivity contribution >= 4 is 5.82 Å². The Balaban J connectivity index is 1.53. The lowest BCUT2D eigenvalue weighted by atomic mass is 9.96. The quantitative estimate of drug-likeness (QED) is 0.441. The number of nitrogens with one attached hydrogen (secondary N) is 3. The Morgan fingerprint density at radius 3 is 2.84 bits per heavy atom. The molecule has 0 saturated carbocycles. The summed E-state index contributed by atoms with van der Waals surface area (Å²) in [5.74, 6) is -0.288. The van der Waals surface area contributed by atoms with Gasteiger partial charge in [-0.1, -0.05) is 0 Å². The Hall–Kier alpha value is -2.69. The summed E-state index contributed by atoms with van der Waals surface area (Å²) in [6.45, 7) is 1.36. The number of pyridine rings is 1. The van der Waals surface area contributed by atoms with Crippen molar-refractivity contribution < 1.29 is 22.3 Å². The van der Waals surface area contributed by atoms with Gasteiger partial charge in [-0.25, -0.2) is 14.4 Å². The van der Waals surface area contributed by atoms with Crippen LogP contribution in [0, 0.1) is 5.82 Å². The van der Waals surface area contributed by atoms with Crippen molar-refractivity contribution in [3.05, 3.63) is 70.4 Å². The Labute approximate surface area is 183 Å². The summed E-state index contributed by atoms with van der Waals surface area (Å²) in [6.07, 6.45) is 0.0363. The minimum Gasteiger partial charge on any atom is -0.383 e. The fraction of sp³-hybridized carbons (Fsp3) is 0.409. The molecule has 1 aliphatic carbocycles. The van der Waals surface area contributed by atoms with E-state index in [1.165, 1.54) is 0 Å². The average Bonchev–Trinajstić information content (AvgIpc) is 3.18. The van der Waals surface area contributed by atoms with Crippen LogP contribution in [0.2, 0.25) is 0 Å². The van der Waals surface area contributed by atoms with Gasteiger partial charge in [0.1, 0.15) is 11.6 Å². The second-order valence-electron chi connectivity index (χ2n) is 7.87. The van der Waals surface area contributed by atoms with Crippen LogP contribution in [0.3, 0.4) is 0 Å². The molecule has 6 nitrogen and oxygen atoms in total. The first-order valence-electron chi connectivity index (χ1n) is 10.4. The highest BCUT2D eigenvalue weighted by molar-refractivity contribution is 5.51. The lowest BCUT2D eigenvalue weighted by Crippen LogP contribution is -2.41. The third-order valence-corrected chi connectivity index (χ3v) is 5.57. The maximum atomic E-state index is 13.8. The molecule has 32 heavy (non-hydrogen) atoms. The van der Waals surface area contributed by atoms with Gasteiger partial charge in [-0.05, 0) is 67.1 Å². The maximum absolute atomic E-state index is 13.8. The molecule has 2 aromatic rings. The molecule has 0 spiro atoms. The number of ether oxygens (including phenoxy) is 1. The molecule has 0 bridgehead atoms. The second kappa shape index (κ2) is 9.43. The molecule has 2 heterocycles. The van der Waals surface area contributed by atoms with E-state index < -0.39 is 17.6 Å². The molecule has 0 amide bonds. The summed E-state index contributed by atoms with van der Waals surface area (Å²) in [7, 11) is 1.66. The van der Waals surface area contributed by atoms with Crippen LogP contribution in [0.5, 0.6) is 0 Å². The Morgan fingerprint density at radius 1 is 1.22 bits per heavy atom. The number of nitrogens with zero attached hydrogens (tertiary/aromatic N) is 2. The van der Waals surface area contributed by atoms with Gasteiger partial charge in [0.05, 0.1) is 29.6 Å². The van der Waals surface area contributed by atoms with Crippen LogP contribution in [0.15, 0.2) is 47.9 Å². The first kappa shape index (κ1) is 22.5. The molecule has 1 aliphatic heterocycles. The molecular formula is C22H25F4N5O. The fourth-order valence-corrected chi connectivity index (χ4v) is 4.11. The molecule has 0 fully saturated rings. The zero-order valence-electron chi connectivity index (χ0n) is 17.6. The normalized spacial score (nSPS) is 18.7. The topological polar surface area (TPSA) is 61.5 Å². The number of alkyl halides is 3. The third kappa shape index (κ3) is 5.03. The highest BCUT2D eigenvalue weighted by Crippen LogP contribution is 2.33. The zero-order valence-corrected chi connectivity index (χ0v) is 17.6. The summed E-state index contributed by atoms with van der Waals surface area (Å²) in [4.78, 5) is 4.42. The van der Waals surface area contributed by atoms with Crippen LogP contribution in [0.1, 0.15) is 36.0 Å². The Kier molecular flexibility index (Phi) is 6.63. The number of hydrogen-bond acceptors (Lipinski definition) is 6. The van der Waals surface area contributed by atoms with E-state index in [0.717, 1.165) is 54.9 Å². The maximum Gasteiger partial charge on any atom is 0.416 e. The molecule has 2 aliphatic rings. The zero-order chi connectivity index (χ0) is 22.7. The van der Waals surface area contributed by atoms with E-state index in [-0.39, 0.29) is 18.0 Å². The van der Waals surface area contributed by atoms with E-state index in [9.17, 15) is 17.6 Å². The van der Waals surface area contributed by atoms with Crippen LogP contribution < -0.4 is 21.3 Å². The number of rotatable bonds is 7. The molecule has 4 rings (SSSR count). The Morgan fingerprint density at radius 2 is 2.06 bits per heavy atom. The minimum absolute atomic E-state index is 0.157. The van der Waals surface area contributed by atoms with Gasteiger partial charge in [-0.3, -0.25) is 0 Å². The van der Waals surface area contributed by atoms with Crippen molar-refractivity contribution in [3.8, 4) is 0 Å². The van der Waals surface area contributed by atoms with Crippen LogP contribution >= 0.6 is 0 Å². The van der Waals surface area contributed by atoms with E-state index in [0.29, 0.717) is 18.5 Å². The molecule has 1 unspecified atom stereocenters. The third-order valence-electron chi connectivity index (χ3n) is 5.57. The van der Waals surface area contributed by atoms with Crippen molar-refractivity contribution in [1.29, 1.82) is 0 Å². The summed E-state index contributed by atoms with van der Waals surface area (Å²) in [5.41, 5.74) is 8.47. The molecule has 10 heteroatoms. The van der Waals surface area contributed by atoms with E-state index in [1.807, 2.05) is 5.01 Å². The van der Waals surface area contributed by atoms with Crippen molar-refractivity contribution in [1.82, 2.24) is 21.3 Å². The van der Waals surface area contributed by atoms with Crippen molar-refractivity contribution in [2.24, 2.45) is 0 Å². The molecule has 0 saturated heterocycles. The molecule has 0 radical (unpaired) electrons. The van der Waals surface area contributed by atoms with Gasteiger partial charge in [0, 0.05) is 19.9 Å². The number of hydrogen-bond donors (Lipinski definition) is 3. The Bertz CT molecular complexity index is 995. The van der Waals surface area contributed by atoms with Gasteiger partial charge < -0.3 is 15.5 Å². The lowest BCUT2D eigenvalue weighted by molar-refractivity contribution is -0.137. The van der Waals surface area contributed by atoms with Gasteiger partial charge in [0.15, 0.2) is 0 Å². The number of halogens is 4. The smallest absolute Gasteiger partial charge is 0.383 e. The summed E-state index contributed by atoms with van der Waals surface area (Å²) >= 11 is 0. The molecule has 3 N–H and O–H groups in total. The molecule has 172 valence electrons. The van der Waals surface area contributed by atoms with Crippen molar-refractivity contribution in [3.63, 3.8) is 0 Å². The molecule has 1 aromatic heterocycles. The van der Waals surface area contributed by atoms with Crippen LogP contribution in [-0.4, -0.2) is 31.3 Å². The predicted octanol–water partition coefficient (Wildman–Crippen LogP) is 3.66. The SMILES string of the molecule is COCCNC1CCCC2=C1NNN2c1cc(Cc2cc(F)cc(C(F)(F)F)c2)ccn1. The van der Waals surface area contributed by atoms with Gasteiger partial charge in [0.25, 0.3) is 0 Å². The van der Waals surface area contributed by atoms with E-state index in [4.69, 9.17) is 4.74 Å². The number of aromatic nitrogens is 1. The first-order chi connectivity index (χ1) is 15.3. The summed E-state index contributed by atoms with van der Waals surface area (Å²) < 4.78 is 57.9. The molecule has 1 atom stereocenters. The van der Waals surface area contributed by atoms with Crippen molar-refractivity contribution in [2.75, 3.05) is 25.3 Å². The largest absolute Gasteiger partial charge is 0.416 e. The van der Waals surface area contributed by atoms with Gasteiger partial charge in [-0.15, -0.1) is 5.53 Å². The average molecular weight is 451 g/mol. The fourth-order valence-electron chi connectivity index (χ4n) is 4.11. The highest BCUT2D eigenvalue weighted by Gasteiger charge is 2.33. The van der Waals surface area contributed by atoms with Gasteiger partial charge >= 0.3 is 6.18 Å². The number of hydrazine groups is 2. The predicted molar refractivity (Wildman–Crippen MR) is 112 cm³/mol. The minimum atomic E-state index is -4.59. The number of benzene rings is 1. The van der Waals surface area contributed by atoms with E-state index in [1.54, 1.807) is 25.4 Å². The second-order valence-corrected chi connectivity index (χ2v) is 7.87. The van der Waals surface area contributed by atoms with Gasteiger partial charge in [0.2, 0.25) is 0 Å². The summed E-state index contributed by atoms with van der Waals surface area (Å²) in [5, 5.41) is 5.33. The van der Waals surface area contributed by atoms with Crippen LogP contribution in [-0.2, 0) is 17.3 Å². The first-order valence-corrected chi connectivity index (χ1v) is 10.4. The number of anilines is 1. The number of allylic oxidation sites excluding steroid dienone is 1. The van der Waals surface area contributed by atoms with Crippen molar-refractivity contribution in [2.45, 2.75) is 37.9 Å².